The van der Waals surface area contributed by atoms with Crippen molar-refractivity contribution < 1.29 is 4.39 Å². The standard InChI is InChI=1S/C12H10BFN4/c13-6-10-9(2-1-3-11(10)14)8-4-5-12(16-7-8)17-18-15/h1-5,7H,6H2,(H2,15,16,17). The van der Waals surface area contributed by atoms with Crippen LogP contribution in [0.5, 0.6) is 0 Å². The minimum Gasteiger partial charge on any atom is -0.305 e. The van der Waals surface area contributed by atoms with Gasteiger partial charge in [0.05, 0.1) is 7.85 Å². The van der Waals surface area contributed by atoms with Gasteiger partial charge in [0.2, 0.25) is 0 Å². The summed E-state index contributed by atoms with van der Waals surface area (Å²) in [5.74, 6) is 5.00. The SMILES string of the molecule is [B]Cc1c(F)cccc1-c1ccc(N=NN)nc1. The molecule has 0 amide bonds. The molecular formula is C12H10BFN4. The lowest BCUT2D eigenvalue weighted by Gasteiger charge is -2.08. The molecule has 0 aliphatic heterocycles. The molecular weight excluding hydrogens is 230 g/mol. The number of nitrogens with two attached hydrogens (primary N) is 1. The summed E-state index contributed by atoms with van der Waals surface area (Å²) in [6.45, 7) is 0. The number of rotatable bonds is 3. The van der Waals surface area contributed by atoms with Gasteiger partial charge in [-0.25, -0.2) is 9.37 Å². The summed E-state index contributed by atoms with van der Waals surface area (Å²) in [6, 6.07) is 8.24. The third-order valence-corrected chi connectivity index (χ3v) is 2.54. The molecule has 4 nitrogen and oxygen atoms in total. The number of hydrogen-bond donors (Lipinski definition) is 1. The van der Waals surface area contributed by atoms with Crippen molar-refractivity contribution in [1.82, 2.24) is 4.98 Å². The molecule has 1 aromatic carbocycles. The van der Waals surface area contributed by atoms with Crippen LogP contribution in [-0.4, -0.2) is 12.8 Å². The fourth-order valence-corrected chi connectivity index (χ4v) is 1.70. The number of hydrogen-bond acceptors (Lipinski definition) is 3. The summed E-state index contributed by atoms with van der Waals surface area (Å²) in [5, 5.41) is 6.73. The van der Waals surface area contributed by atoms with Gasteiger partial charge >= 0.3 is 0 Å². The second-order valence-corrected chi connectivity index (χ2v) is 3.59. The van der Waals surface area contributed by atoms with Crippen molar-refractivity contribution >= 4 is 13.7 Å². The van der Waals surface area contributed by atoms with Crippen molar-refractivity contribution in [3.8, 4) is 11.1 Å². The predicted octanol–water partition coefficient (Wildman–Crippen LogP) is 2.51. The average molecular weight is 240 g/mol. The second kappa shape index (κ2) is 5.40. The van der Waals surface area contributed by atoms with Gasteiger partial charge in [-0.05, 0) is 29.3 Å². The van der Waals surface area contributed by atoms with Crippen LogP contribution in [0.1, 0.15) is 5.56 Å². The molecule has 0 atom stereocenters. The number of nitrogens with zero attached hydrogens (tertiary/aromatic N) is 3. The molecule has 18 heavy (non-hydrogen) atoms. The summed E-state index contributed by atoms with van der Waals surface area (Å²) in [6.07, 6.45) is 1.71. The van der Waals surface area contributed by atoms with Crippen LogP contribution < -0.4 is 5.84 Å². The highest BCUT2D eigenvalue weighted by atomic mass is 19.1. The monoisotopic (exact) mass is 240 g/mol. The summed E-state index contributed by atoms with van der Waals surface area (Å²) in [4.78, 5) is 4.05. The molecule has 2 rings (SSSR count). The summed E-state index contributed by atoms with van der Waals surface area (Å²) < 4.78 is 13.6. The van der Waals surface area contributed by atoms with Gasteiger partial charge in [-0.3, -0.25) is 0 Å². The number of halogens is 1. The van der Waals surface area contributed by atoms with E-state index in [1.54, 1.807) is 30.5 Å². The highest BCUT2D eigenvalue weighted by Crippen LogP contribution is 2.26. The lowest BCUT2D eigenvalue weighted by atomic mass is 9.90. The van der Waals surface area contributed by atoms with E-state index in [9.17, 15) is 4.39 Å². The first-order valence-corrected chi connectivity index (χ1v) is 5.31. The van der Waals surface area contributed by atoms with Gasteiger partial charge in [0, 0.05) is 11.8 Å². The van der Waals surface area contributed by atoms with Crippen molar-refractivity contribution in [2.24, 2.45) is 16.2 Å². The zero-order chi connectivity index (χ0) is 13.0. The molecule has 2 aromatic rings. The highest BCUT2D eigenvalue weighted by molar-refractivity contribution is 6.09. The van der Waals surface area contributed by atoms with Gasteiger partial charge < -0.3 is 5.84 Å². The number of pyridine rings is 1. The predicted molar refractivity (Wildman–Crippen MR) is 67.8 cm³/mol. The maximum absolute atomic E-state index is 13.6. The van der Waals surface area contributed by atoms with E-state index in [1.807, 2.05) is 0 Å². The summed E-state index contributed by atoms with van der Waals surface area (Å²) >= 11 is 0. The van der Waals surface area contributed by atoms with Crippen LogP contribution in [0.25, 0.3) is 11.1 Å². The molecule has 6 heteroatoms. The molecule has 0 unspecified atom stereocenters. The minimum absolute atomic E-state index is 0.131. The zero-order valence-electron chi connectivity index (χ0n) is 9.55. The van der Waals surface area contributed by atoms with Crippen LogP contribution in [0.3, 0.4) is 0 Å². The quantitative estimate of drug-likeness (QED) is 0.387. The Labute approximate surface area is 105 Å². The normalized spacial score (nSPS) is 10.9. The molecule has 0 spiro atoms. The zero-order valence-corrected chi connectivity index (χ0v) is 9.55. The van der Waals surface area contributed by atoms with Crippen LogP contribution in [0, 0.1) is 5.82 Å². The Hall–Kier alpha value is -2.24. The molecule has 1 aromatic heterocycles. The van der Waals surface area contributed by atoms with Crippen LogP contribution in [0.2, 0.25) is 0 Å². The molecule has 88 valence electrons. The fourth-order valence-electron chi connectivity index (χ4n) is 1.70. The third kappa shape index (κ3) is 2.37. The molecule has 0 saturated carbocycles. The molecule has 0 aliphatic carbocycles. The molecule has 0 bridgehead atoms. The molecule has 0 aliphatic rings. The maximum atomic E-state index is 13.6. The van der Waals surface area contributed by atoms with E-state index in [-0.39, 0.29) is 12.1 Å². The first kappa shape index (κ1) is 12.2. The van der Waals surface area contributed by atoms with Gasteiger partial charge in [-0.2, -0.15) is 0 Å². The van der Waals surface area contributed by atoms with Crippen LogP contribution in [0.15, 0.2) is 46.9 Å². The number of aromatic nitrogens is 1. The summed E-state index contributed by atoms with van der Waals surface area (Å²) in [7, 11) is 5.56. The van der Waals surface area contributed by atoms with Crippen LogP contribution in [0.4, 0.5) is 10.2 Å². The van der Waals surface area contributed by atoms with Crippen molar-refractivity contribution in [2.45, 2.75) is 6.32 Å². The van der Waals surface area contributed by atoms with E-state index in [0.29, 0.717) is 11.4 Å². The van der Waals surface area contributed by atoms with E-state index in [0.717, 1.165) is 11.1 Å². The Morgan fingerprint density at radius 1 is 1.28 bits per heavy atom. The highest BCUT2D eigenvalue weighted by Gasteiger charge is 2.08. The van der Waals surface area contributed by atoms with E-state index in [2.05, 4.69) is 15.3 Å². The van der Waals surface area contributed by atoms with Gasteiger partial charge in [0.15, 0.2) is 5.82 Å². The molecule has 2 radical (unpaired) electrons. The third-order valence-electron chi connectivity index (χ3n) is 2.54. The van der Waals surface area contributed by atoms with Gasteiger partial charge in [0.1, 0.15) is 5.82 Å². The molecule has 0 fully saturated rings. The molecule has 1 heterocycles. The Morgan fingerprint density at radius 3 is 2.72 bits per heavy atom. The maximum Gasteiger partial charge on any atom is 0.176 e. The Kier molecular flexibility index (Phi) is 3.67. The number of benzene rings is 1. The topological polar surface area (TPSA) is 63.6 Å². The second-order valence-electron chi connectivity index (χ2n) is 3.59. The van der Waals surface area contributed by atoms with E-state index >= 15 is 0 Å². The lowest BCUT2D eigenvalue weighted by molar-refractivity contribution is 0.617. The van der Waals surface area contributed by atoms with E-state index in [1.165, 1.54) is 6.07 Å². The van der Waals surface area contributed by atoms with Crippen molar-refractivity contribution in [1.29, 1.82) is 0 Å². The van der Waals surface area contributed by atoms with E-state index in [4.69, 9.17) is 13.7 Å². The van der Waals surface area contributed by atoms with Crippen LogP contribution >= 0.6 is 0 Å². The van der Waals surface area contributed by atoms with Crippen molar-refractivity contribution in [3.05, 3.63) is 47.9 Å². The Bertz CT molecular complexity index is 569. The molecule has 0 saturated heterocycles. The average Bonchev–Trinajstić information content (AvgIpc) is 2.40. The largest absolute Gasteiger partial charge is 0.305 e. The first-order chi connectivity index (χ1) is 8.76. The first-order valence-electron chi connectivity index (χ1n) is 5.31. The smallest absolute Gasteiger partial charge is 0.176 e. The van der Waals surface area contributed by atoms with Crippen molar-refractivity contribution in [3.63, 3.8) is 0 Å². The van der Waals surface area contributed by atoms with Gasteiger partial charge in [-0.1, -0.05) is 23.7 Å². The fraction of sp³-hybridized carbons (Fsp3) is 0.0833. The lowest BCUT2D eigenvalue weighted by Crippen LogP contribution is -1.94. The minimum atomic E-state index is -0.319. The van der Waals surface area contributed by atoms with Crippen molar-refractivity contribution in [2.75, 3.05) is 0 Å². The Morgan fingerprint density at radius 2 is 2.11 bits per heavy atom. The van der Waals surface area contributed by atoms with E-state index < -0.39 is 0 Å². The molecule has 2 N–H and O–H groups in total. The van der Waals surface area contributed by atoms with Gasteiger partial charge in [-0.15, -0.1) is 5.11 Å². The van der Waals surface area contributed by atoms with Crippen LogP contribution in [-0.2, 0) is 6.32 Å². The summed E-state index contributed by atoms with van der Waals surface area (Å²) in [5.41, 5.74) is 1.96. The van der Waals surface area contributed by atoms with Gasteiger partial charge in [0.25, 0.3) is 0 Å². The Balaban J connectivity index is 2.45.